The zero-order valence-electron chi connectivity index (χ0n) is 19.4. The van der Waals surface area contributed by atoms with Gasteiger partial charge in [0.25, 0.3) is 0 Å². The van der Waals surface area contributed by atoms with Gasteiger partial charge in [0, 0.05) is 25.1 Å². The van der Waals surface area contributed by atoms with Gasteiger partial charge in [-0.05, 0) is 48.6 Å². The molecule has 1 amide bonds. The number of carboxylic acid groups (broad SMARTS) is 1. The first kappa shape index (κ1) is 24.1. The molecule has 1 aromatic heterocycles. The minimum Gasteiger partial charge on any atom is -0.481 e. The molecule has 0 fully saturated rings. The van der Waals surface area contributed by atoms with E-state index in [9.17, 15) is 14.7 Å². The standard InChI is InChI=1S/C25H31N5O3/c1-4-5-16-30(22(31)14-15-25(2,3)24(32)33)17-18-10-12-19(13-11-18)20-8-6-7-9-21(20)23-26-28-29-27-23/h6-13H,4-5,14-17H2,1-3H3,(H,32,33)(H,26,27,28,29). The number of carbonyl (C=O) groups excluding carboxylic acids is 1. The fourth-order valence-electron chi connectivity index (χ4n) is 3.54. The number of hydrogen-bond acceptors (Lipinski definition) is 5. The van der Waals surface area contributed by atoms with Crippen LogP contribution in [0.5, 0.6) is 0 Å². The first-order valence-corrected chi connectivity index (χ1v) is 11.2. The number of aromatic amines is 1. The van der Waals surface area contributed by atoms with Crippen LogP contribution in [0.4, 0.5) is 0 Å². The third-order valence-electron chi connectivity index (χ3n) is 5.83. The number of H-pyrrole nitrogens is 1. The van der Waals surface area contributed by atoms with Gasteiger partial charge in [-0.1, -0.05) is 61.9 Å². The fraction of sp³-hybridized carbons (Fsp3) is 0.400. The van der Waals surface area contributed by atoms with E-state index in [0.717, 1.165) is 35.1 Å². The average molecular weight is 450 g/mol. The van der Waals surface area contributed by atoms with Crippen molar-refractivity contribution < 1.29 is 14.7 Å². The molecule has 0 saturated heterocycles. The van der Waals surface area contributed by atoms with Gasteiger partial charge >= 0.3 is 5.97 Å². The molecule has 3 aromatic rings. The van der Waals surface area contributed by atoms with Gasteiger partial charge < -0.3 is 10.0 Å². The predicted molar refractivity (Wildman–Crippen MR) is 126 cm³/mol. The lowest BCUT2D eigenvalue weighted by Gasteiger charge is -2.25. The number of benzene rings is 2. The highest BCUT2D eigenvalue weighted by Crippen LogP contribution is 2.30. The number of hydrogen-bond donors (Lipinski definition) is 2. The molecule has 8 nitrogen and oxygen atoms in total. The molecule has 0 radical (unpaired) electrons. The van der Waals surface area contributed by atoms with Gasteiger partial charge in [0.1, 0.15) is 0 Å². The Balaban J connectivity index is 1.74. The second-order valence-electron chi connectivity index (χ2n) is 8.84. The molecule has 2 N–H and O–H groups in total. The molecular weight excluding hydrogens is 418 g/mol. The van der Waals surface area contributed by atoms with Crippen LogP contribution in [0.15, 0.2) is 48.5 Å². The maximum Gasteiger partial charge on any atom is 0.309 e. The molecular formula is C25H31N5O3. The summed E-state index contributed by atoms with van der Waals surface area (Å²) >= 11 is 0. The van der Waals surface area contributed by atoms with Crippen LogP contribution in [0, 0.1) is 5.41 Å². The van der Waals surface area contributed by atoms with Gasteiger partial charge in [-0.3, -0.25) is 9.59 Å². The van der Waals surface area contributed by atoms with Crippen molar-refractivity contribution in [1.82, 2.24) is 25.5 Å². The lowest BCUT2D eigenvalue weighted by molar-refractivity contribution is -0.147. The second kappa shape index (κ2) is 10.8. The molecule has 1 heterocycles. The lowest BCUT2D eigenvalue weighted by Crippen LogP contribution is -2.33. The maximum absolute atomic E-state index is 12.9. The maximum atomic E-state index is 12.9. The van der Waals surface area contributed by atoms with Gasteiger partial charge in [0.2, 0.25) is 11.7 Å². The number of nitrogens with one attached hydrogen (secondary N) is 1. The van der Waals surface area contributed by atoms with Crippen LogP contribution in [0.1, 0.15) is 52.0 Å². The van der Waals surface area contributed by atoms with Crippen LogP contribution in [-0.2, 0) is 16.1 Å². The molecule has 0 unspecified atom stereocenters. The third-order valence-corrected chi connectivity index (χ3v) is 5.83. The Morgan fingerprint density at radius 1 is 1.06 bits per heavy atom. The Morgan fingerprint density at radius 3 is 2.36 bits per heavy atom. The number of aromatic nitrogens is 4. The number of amides is 1. The number of tetrazole rings is 1. The van der Waals surface area contributed by atoms with Crippen molar-refractivity contribution in [3.8, 4) is 22.5 Å². The molecule has 174 valence electrons. The van der Waals surface area contributed by atoms with Crippen LogP contribution in [0.3, 0.4) is 0 Å². The minimum absolute atomic E-state index is 0.00990. The average Bonchev–Trinajstić information content (AvgIpc) is 3.35. The first-order valence-electron chi connectivity index (χ1n) is 11.2. The summed E-state index contributed by atoms with van der Waals surface area (Å²) < 4.78 is 0. The van der Waals surface area contributed by atoms with Crippen molar-refractivity contribution in [3.63, 3.8) is 0 Å². The zero-order valence-corrected chi connectivity index (χ0v) is 19.4. The summed E-state index contributed by atoms with van der Waals surface area (Å²) in [6.07, 6.45) is 2.43. The van der Waals surface area contributed by atoms with Crippen molar-refractivity contribution in [1.29, 1.82) is 0 Å². The summed E-state index contributed by atoms with van der Waals surface area (Å²) in [4.78, 5) is 26.1. The lowest BCUT2D eigenvalue weighted by atomic mass is 9.88. The first-order chi connectivity index (χ1) is 15.8. The van der Waals surface area contributed by atoms with Crippen LogP contribution in [0.2, 0.25) is 0 Å². The Morgan fingerprint density at radius 2 is 1.76 bits per heavy atom. The number of aliphatic carboxylic acids is 1. The molecule has 0 aliphatic rings. The largest absolute Gasteiger partial charge is 0.481 e. The number of rotatable bonds is 11. The van der Waals surface area contributed by atoms with E-state index in [2.05, 4.69) is 27.5 Å². The highest BCUT2D eigenvalue weighted by molar-refractivity contribution is 5.81. The van der Waals surface area contributed by atoms with E-state index in [-0.39, 0.29) is 12.3 Å². The molecule has 2 aromatic carbocycles. The molecule has 0 bridgehead atoms. The van der Waals surface area contributed by atoms with E-state index >= 15 is 0 Å². The molecule has 0 spiro atoms. The van der Waals surface area contributed by atoms with Crippen LogP contribution in [-0.4, -0.2) is 49.1 Å². The Hall–Kier alpha value is -3.55. The zero-order chi connectivity index (χ0) is 23.8. The number of unbranched alkanes of at least 4 members (excludes halogenated alkanes) is 1. The summed E-state index contributed by atoms with van der Waals surface area (Å²) in [7, 11) is 0. The number of nitrogens with zero attached hydrogens (tertiary/aromatic N) is 4. The quantitative estimate of drug-likeness (QED) is 0.444. The van der Waals surface area contributed by atoms with E-state index < -0.39 is 11.4 Å². The molecule has 3 rings (SSSR count). The minimum atomic E-state index is -0.917. The highest BCUT2D eigenvalue weighted by Gasteiger charge is 2.28. The smallest absolute Gasteiger partial charge is 0.309 e. The molecule has 0 atom stereocenters. The summed E-state index contributed by atoms with van der Waals surface area (Å²) in [6, 6.07) is 16.0. The van der Waals surface area contributed by atoms with Gasteiger partial charge in [-0.2, -0.15) is 5.21 Å². The van der Waals surface area contributed by atoms with E-state index in [0.29, 0.717) is 25.3 Å². The van der Waals surface area contributed by atoms with E-state index in [4.69, 9.17) is 0 Å². The molecule has 0 saturated carbocycles. The number of carbonyl (C=O) groups is 2. The van der Waals surface area contributed by atoms with Crippen molar-refractivity contribution in [2.45, 2.75) is 53.0 Å². The SMILES string of the molecule is CCCCN(Cc1ccc(-c2ccccc2-c2nn[nH]n2)cc1)C(=O)CCC(C)(C)C(=O)O. The summed E-state index contributed by atoms with van der Waals surface area (Å²) in [5.74, 6) is -0.355. The van der Waals surface area contributed by atoms with Crippen LogP contribution >= 0.6 is 0 Å². The van der Waals surface area contributed by atoms with Crippen molar-refractivity contribution in [2.24, 2.45) is 5.41 Å². The van der Waals surface area contributed by atoms with Crippen molar-refractivity contribution in [2.75, 3.05) is 6.54 Å². The summed E-state index contributed by atoms with van der Waals surface area (Å²) in [5, 5.41) is 23.7. The Kier molecular flexibility index (Phi) is 7.92. The monoisotopic (exact) mass is 449 g/mol. The topological polar surface area (TPSA) is 112 Å². The van der Waals surface area contributed by atoms with Gasteiger partial charge in [0.05, 0.1) is 5.41 Å². The van der Waals surface area contributed by atoms with E-state index in [1.54, 1.807) is 13.8 Å². The van der Waals surface area contributed by atoms with Gasteiger partial charge in [-0.15, -0.1) is 10.2 Å². The highest BCUT2D eigenvalue weighted by atomic mass is 16.4. The molecule has 0 aliphatic carbocycles. The summed E-state index contributed by atoms with van der Waals surface area (Å²) in [5.41, 5.74) is 3.02. The summed E-state index contributed by atoms with van der Waals surface area (Å²) in [6.45, 7) is 6.56. The van der Waals surface area contributed by atoms with Gasteiger partial charge in [0.15, 0.2) is 0 Å². The molecule has 0 aliphatic heterocycles. The predicted octanol–water partition coefficient (Wildman–Crippen LogP) is 4.55. The second-order valence-corrected chi connectivity index (χ2v) is 8.84. The van der Waals surface area contributed by atoms with Gasteiger partial charge in [-0.25, -0.2) is 0 Å². The Bertz CT molecular complexity index is 1060. The van der Waals surface area contributed by atoms with Crippen LogP contribution < -0.4 is 0 Å². The molecule has 33 heavy (non-hydrogen) atoms. The molecule has 8 heteroatoms. The van der Waals surface area contributed by atoms with E-state index in [1.165, 1.54) is 0 Å². The Labute approximate surface area is 194 Å². The third kappa shape index (κ3) is 6.25. The van der Waals surface area contributed by atoms with Crippen molar-refractivity contribution >= 4 is 11.9 Å². The number of carboxylic acids is 1. The normalized spacial score (nSPS) is 11.4. The van der Waals surface area contributed by atoms with Crippen LogP contribution in [0.25, 0.3) is 22.5 Å². The van der Waals surface area contributed by atoms with E-state index in [1.807, 2.05) is 53.4 Å². The van der Waals surface area contributed by atoms with Crippen molar-refractivity contribution in [3.05, 3.63) is 54.1 Å². The fourth-order valence-corrected chi connectivity index (χ4v) is 3.54.